The predicted molar refractivity (Wildman–Crippen MR) is 52.6 cm³/mol. The predicted octanol–water partition coefficient (Wildman–Crippen LogP) is 1.84. The number of aldehydes is 1. The molecule has 2 fully saturated rings. The molecule has 1 atom stereocenters. The molecule has 0 aromatic heterocycles. The first-order valence-electron chi connectivity index (χ1n) is 5.59. The van der Waals surface area contributed by atoms with Crippen molar-refractivity contribution in [1.29, 1.82) is 0 Å². The number of nitrogens with zero attached hydrogens (tertiary/aromatic N) is 1. The second-order valence-corrected chi connectivity index (χ2v) is 4.47. The first kappa shape index (κ1) is 9.20. The maximum Gasteiger partial charge on any atom is 0.124 e. The highest BCUT2D eigenvalue weighted by molar-refractivity contribution is 5.53. The van der Waals surface area contributed by atoms with Crippen molar-refractivity contribution in [1.82, 2.24) is 4.90 Å². The van der Waals surface area contributed by atoms with E-state index >= 15 is 0 Å². The Hall–Kier alpha value is -0.370. The number of likely N-dealkylation sites (tertiary alicyclic amines) is 1. The highest BCUT2D eigenvalue weighted by atomic mass is 16.1. The summed E-state index contributed by atoms with van der Waals surface area (Å²) in [5, 5.41) is 0. The van der Waals surface area contributed by atoms with Crippen molar-refractivity contribution in [3.63, 3.8) is 0 Å². The van der Waals surface area contributed by atoms with Crippen LogP contribution < -0.4 is 0 Å². The third-order valence-electron chi connectivity index (χ3n) is 3.52. The van der Waals surface area contributed by atoms with Gasteiger partial charge in [0.25, 0.3) is 0 Å². The molecule has 1 saturated carbocycles. The molecular weight excluding hydrogens is 162 g/mol. The van der Waals surface area contributed by atoms with Crippen LogP contribution in [0.1, 0.15) is 38.5 Å². The number of rotatable bonds is 2. The van der Waals surface area contributed by atoms with Crippen LogP contribution in [-0.4, -0.2) is 30.3 Å². The van der Waals surface area contributed by atoms with Crippen LogP contribution in [0.25, 0.3) is 0 Å². The lowest BCUT2D eigenvalue weighted by Gasteiger charge is -2.34. The Labute approximate surface area is 80.3 Å². The Morgan fingerprint density at radius 2 is 1.85 bits per heavy atom. The van der Waals surface area contributed by atoms with E-state index in [1.807, 2.05) is 0 Å². The van der Waals surface area contributed by atoms with E-state index in [4.69, 9.17) is 0 Å². The van der Waals surface area contributed by atoms with E-state index in [0.717, 1.165) is 25.3 Å². The summed E-state index contributed by atoms with van der Waals surface area (Å²) in [6.45, 7) is 2.27. The van der Waals surface area contributed by atoms with Crippen molar-refractivity contribution in [3.05, 3.63) is 0 Å². The van der Waals surface area contributed by atoms with Gasteiger partial charge in [0, 0.05) is 18.5 Å². The van der Waals surface area contributed by atoms with Crippen LogP contribution in [0.4, 0.5) is 0 Å². The SMILES string of the molecule is O=CC1CCCN(C2CCCC2)C1. The van der Waals surface area contributed by atoms with Gasteiger partial charge in [-0.05, 0) is 32.2 Å². The zero-order chi connectivity index (χ0) is 9.10. The fourth-order valence-corrected chi connectivity index (χ4v) is 2.75. The molecule has 0 amide bonds. The average Bonchev–Trinajstić information content (AvgIpc) is 2.71. The number of carbonyl (C=O) groups excluding carboxylic acids is 1. The van der Waals surface area contributed by atoms with Gasteiger partial charge in [0.1, 0.15) is 6.29 Å². The van der Waals surface area contributed by atoms with Gasteiger partial charge in [-0.1, -0.05) is 12.8 Å². The topological polar surface area (TPSA) is 20.3 Å². The molecule has 74 valence electrons. The molecule has 2 aliphatic rings. The van der Waals surface area contributed by atoms with Gasteiger partial charge >= 0.3 is 0 Å². The molecule has 2 rings (SSSR count). The molecule has 1 aliphatic heterocycles. The Balaban J connectivity index is 1.87. The third-order valence-corrected chi connectivity index (χ3v) is 3.52. The minimum atomic E-state index is 0.328. The molecule has 0 aromatic carbocycles. The smallest absolute Gasteiger partial charge is 0.124 e. The van der Waals surface area contributed by atoms with Crippen LogP contribution in [0, 0.1) is 5.92 Å². The normalized spacial score (nSPS) is 32.2. The number of hydrogen-bond acceptors (Lipinski definition) is 2. The van der Waals surface area contributed by atoms with Crippen LogP contribution in [0.5, 0.6) is 0 Å². The van der Waals surface area contributed by atoms with E-state index in [1.54, 1.807) is 0 Å². The lowest BCUT2D eigenvalue weighted by Crippen LogP contribution is -2.41. The largest absolute Gasteiger partial charge is 0.303 e. The summed E-state index contributed by atoms with van der Waals surface area (Å²) in [6, 6.07) is 0.808. The molecule has 0 aromatic rings. The van der Waals surface area contributed by atoms with Gasteiger partial charge in [0.15, 0.2) is 0 Å². The Bertz CT molecular complexity index is 175. The van der Waals surface area contributed by atoms with Crippen molar-refractivity contribution in [3.8, 4) is 0 Å². The van der Waals surface area contributed by atoms with Crippen molar-refractivity contribution in [2.45, 2.75) is 44.6 Å². The van der Waals surface area contributed by atoms with Gasteiger partial charge in [-0.2, -0.15) is 0 Å². The summed E-state index contributed by atoms with van der Waals surface area (Å²) in [5.74, 6) is 0.328. The van der Waals surface area contributed by atoms with Gasteiger partial charge in [-0.15, -0.1) is 0 Å². The Kier molecular flexibility index (Phi) is 2.99. The minimum absolute atomic E-state index is 0.328. The Morgan fingerprint density at radius 1 is 1.08 bits per heavy atom. The second kappa shape index (κ2) is 4.23. The second-order valence-electron chi connectivity index (χ2n) is 4.47. The summed E-state index contributed by atoms with van der Waals surface area (Å²) in [4.78, 5) is 13.2. The molecule has 0 spiro atoms. The monoisotopic (exact) mass is 181 g/mol. The zero-order valence-electron chi connectivity index (χ0n) is 8.24. The number of hydrogen-bond donors (Lipinski definition) is 0. The van der Waals surface area contributed by atoms with Crippen LogP contribution >= 0.6 is 0 Å². The zero-order valence-corrected chi connectivity index (χ0v) is 8.24. The van der Waals surface area contributed by atoms with E-state index in [0.29, 0.717) is 5.92 Å². The summed E-state index contributed by atoms with van der Waals surface area (Å²) < 4.78 is 0. The first-order chi connectivity index (χ1) is 6.40. The summed E-state index contributed by atoms with van der Waals surface area (Å²) >= 11 is 0. The molecule has 1 saturated heterocycles. The Morgan fingerprint density at radius 3 is 2.54 bits per heavy atom. The lowest BCUT2D eigenvalue weighted by atomic mass is 9.98. The van der Waals surface area contributed by atoms with E-state index in [-0.39, 0.29) is 0 Å². The van der Waals surface area contributed by atoms with Gasteiger partial charge < -0.3 is 4.79 Å². The number of piperidine rings is 1. The van der Waals surface area contributed by atoms with Gasteiger partial charge in [-0.3, -0.25) is 4.90 Å². The van der Waals surface area contributed by atoms with E-state index in [2.05, 4.69) is 4.90 Å². The fourth-order valence-electron chi connectivity index (χ4n) is 2.75. The quantitative estimate of drug-likeness (QED) is 0.606. The van der Waals surface area contributed by atoms with Crippen LogP contribution in [0.15, 0.2) is 0 Å². The maximum atomic E-state index is 10.7. The van der Waals surface area contributed by atoms with Crippen molar-refractivity contribution < 1.29 is 4.79 Å². The van der Waals surface area contributed by atoms with E-state index in [1.165, 1.54) is 38.6 Å². The summed E-state index contributed by atoms with van der Waals surface area (Å²) in [7, 11) is 0. The molecule has 1 aliphatic carbocycles. The van der Waals surface area contributed by atoms with E-state index < -0.39 is 0 Å². The molecule has 1 heterocycles. The minimum Gasteiger partial charge on any atom is -0.303 e. The third kappa shape index (κ3) is 2.11. The van der Waals surface area contributed by atoms with Crippen molar-refractivity contribution in [2.24, 2.45) is 5.92 Å². The standard InChI is InChI=1S/C11H19NO/c13-9-10-4-3-7-12(8-10)11-5-1-2-6-11/h9-11H,1-8H2. The molecule has 1 unspecified atom stereocenters. The van der Waals surface area contributed by atoms with Gasteiger partial charge in [0.2, 0.25) is 0 Å². The van der Waals surface area contributed by atoms with Crippen molar-refractivity contribution >= 4 is 6.29 Å². The fraction of sp³-hybridized carbons (Fsp3) is 0.909. The maximum absolute atomic E-state index is 10.7. The van der Waals surface area contributed by atoms with Crippen LogP contribution in [0.3, 0.4) is 0 Å². The van der Waals surface area contributed by atoms with Crippen LogP contribution in [0.2, 0.25) is 0 Å². The molecule has 0 N–H and O–H groups in total. The highest BCUT2D eigenvalue weighted by Gasteiger charge is 2.27. The van der Waals surface area contributed by atoms with Crippen molar-refractivity contribution in [2.75, 3.05) is 13.1 Å². The van der Waals surface area contributed by atoms with E-state index in [9.17, 15) is 4.79 Å². The molecule has 0 radical (unpaired) electrons. The molecule has 2 nitrogen and oxygen atoms in total. The molecule has 0 bridgehead atoms. The summed E-state index contributed by atoms with van der Waals surface area (Å²) in [6.07, 6.45) is 9.02. The van der Waals surface area contributed by atoms with Crippen LogP contribution in [-0.2, 0) is 4.79 Å². The molecular formula is C11H19NO. The highest BCUT2D eigenvalue weighted by Crippen LogP contribution is 2.27. The van der Waals surface area contributed by atoms with Gasteiger partial charge in [-0.25, -0.2) is 0 Å². The first-order valence-corrected chi connectivity index (χ1v) is 5.59. The average molecular weight is 181 g/mol. The lowest BCUT2D eigenvalue weighted by molar-refractivity contribution is -0.112. The molecule has 13 heavy (non-hydrogen) atoms. The molecule has 2 heteroatoms. The van der Waals surface area contributed by atoms with Gasteiger partial charge in [0.05, 0.1) is 0 Å². The summed E-state index contributed by atoms with van der Waals surface area (Å²) in [5.41, 5.74) is 0. The number of carbonyl (C=O) groups is 1.